The Morgan fingerprint density at radius 2 is 1.85 bits per heavy atom. The summed E-state index contributed by atoms with van der Waals surface area (Å²) < 4.78 is 33.1. The lowest BCUT2D eigenvalue weighted by Gasteiger charge is -2.32. The number of aryl methyl sites for hydroxylation is 1. The molecule has 1 aromatic carbocycles. The van der Waals surface area contributed by atoms with E-state index in [4.69, 9.17) is 4.74 Å². The number of rotatable bonds is 11. The smallest absolute Gasteiger partial charge is 0.243 e. The Morgan fingerprint density at radius 3 is 2.44 bits per heavy atom. The Labute approximate surface area is 164 Å². The summed E-state index contributed by atoms with van der Waals surface area (Å²) in [7, 11) is -3.64. The number of benzene rings is 1. The molecule has 0 spiro atoms. The molecule has 0 saturated carbocycles. The zero-order chi connectivity index (χ0) is 19.7. The van der Waals surface area contributed by atoms with Crippen molar-refractivity contribution in [1.29, 1.82) is 0 Å². The third-order valence-electron chi connectivity index (χ3n) is 5.10. The Balaban J connectivity index is 2.07. The molecule has 1 N–H and O–H groups in total. The molecule has 1 aliphatic heterocycles. The van der Waals surface area contributed by atoms with Gasteiger partial charge in [-0.3, -0.25) is 4.90 Å². The first-order chi connectivity index (χ1) is 13.0. The second-order valence-electron chi connectivity index (χ2n) is 7.20. The highest BCUT2D eigenvalue weighted by atomic mass is 32.2. The van der Waals surface area contributed by atoms with Crippen molar-refractivity contribution in [3.05, 3.63) is 29.8 Å². The standard InChI is InChI=1S/C20H34N2O4S/c1-3-4-5-6-19-7-9-20(10-8-19)27(24,25)22(18(2)17-23)12-11-21-13-15-26-16-14-21/h7-10,18,23H,3-6,11-17H2,1-2H3/t18-/m1/s1. The normalized spacial score (nSPS) is 17.3. The van der Waals surface area contributed by atoms with E-state index < -0.39 is 16.1 Å². The highest BCUT2D eigenvalue weighted by molar-refractivity contribution is 7.89. The molecule has 1 heterocycles. The van der Waals surface area contributed by atoms with Gasteiger partial charge in [0.15, 0.2) is 0 Å². The Bertz CT molecular complexity index is 642. The zero-order valence-corrected chi connectivity index (χ0v) is 17.5. The van der Waals surface area contributed by atoms with Crippen molar-refractivity contribution in [3.8, 4) is 0 Å². The van der Waals surface area contributed by atoms with Crippen LogP contribution in [0.4, 0.5) is 0 Å². The number of aliphatic hydroxyl groups excluding tert-OH is 1. The number of aliphatic hydroxyl groups is 1. The van der Waals surface area contributed by atoms with E-state index >= 15 is 0 Å². The topological polar surface area (TPSA) is 70.1 Å². The molecular formula is C20H34N2O4S. The van der Waals surface area contributed by atoms with Crippen LogP contribution in [0.5, 0.6) is 0 Å². The number of sulfonamides is 1. The second kappa shape index (κ2) is 11.1. The van der Waals surface area contributed by atoms with Gasteiger partial charge in [-0.1, -0.05) is 31.9 Å². The molecule has 1 saturated heterocycles. The molecule has 7 heteroatoms. The van der Waals surface area contributed by atoms with E-state index in [9.17, 15) is 13.5 Å². The molecule has 1 atom stereocenters. The summed E-state index contributed by atoms with van der Waals surface area (Å²) in [5, 5.41) is 9.58. The SMILES string of the molecule is CCCCCc1ccc(S(=O)(=O)N(CCN2CCOCC2)[C@H](C)CO)cc1. The van der Waals surface area contributed by atoms with Gasteiger partial charge >= 0.3 is 0 Å². The Morgan fingerprint density at radius 1 is 1.19 bits per heavy atom. The summed E-state index contributed by atoms with van der Waals surface area (Å²) in [6.07, 6.45) is 4.45. The molecular weight excluding hydrogens is 364 g/mol. The van der Waals surface area contributed by atoms with Crippen LogP contribution in [0.1, 0.15) is 38.7 Å². The fourth-order valence-electron chi connectivity index (χ4n) is 3.28. The van der Waals surface area contributed by atoms with E-state index in [2.05, 4.69) is 11.8 Å². The molecule has 6 nitrogen and oxygen atoms in total. The van der Waals surface area contributed by atoms with Crippen molar-refractivity contribution in [1.82, 2.24) is 9.21 Å². The molecule has 0 radical (unpaired) electrons. The van der Waals surface area contributed by atoms with Gasteiger partial charge in [-0.25, -0.2) is 8.42 Å². The fourth-order valence-corrected chi connectivity index (χ4v) is 4.89. The van der Waals surface area contributed by atoms with Crippen LogP contribution in [-0.4, -0.2) is 74.8 Å². The van der Waals surface area contributed by atoms with Gasteiger partial charge in [0, 0.05) is 32.2 Å². The summed E-state index contributed by atoms with van der Waals surface area (Å²) in [5.41, 5.74) is 1.16. The Kier molecular flexibility index (Phi) is 9.18. The molecule has 1 fully saturated rings. The van der Waals surface area contributed by atoms with Crippen LogP contribution in [0.15, 0.2) is 29.2 Å². The molecule has 154 valence electrons. The van der Waals surface area contributed by atoms with Gasteiger partial charge in [0.2, 0.25) is 10.0 Å². The maximum atomic E-state index is 13.1. The van der Waals surface area contributed by atoms with Crippen molar-refractivity contribution in [3.63, 3.8) is 0 Å². The Hall–Kier alpha value is -0.990. The summed E-state index contributed by atoms with van der Waals surface area (Å²) in [5.74, 6) is 0. The molecule has 0 aromatic heterocycles. The number of hydrogen-bond acceptors (Lipinski definition) is 5. The van der Waals surface area contributed by atoms with Crippen LogP contribution < -0.4 is 0 Å². The molecule has 0 unspecified atom stereocenters. The van der Waals surface area contributed by atoms with Crippen LogP contribution >= 0.6 is 0 Å². The van der Waals surface area contributed by atoms with Crippen LogP contribution in [0, 0.1) is 0 Å². The van der Waals surface area contributed by atoms with Crippen molar-refractivity contribution >= 4 is 10.0 Å². The number of nitrogens with zero attached hydrogens (tertiary/aromatic N) is 2. The monoisotopic (exact) mass is 398 g/mol. The molecule has 1 aliphatic rings. The minimum absolute atomic E-state index is 0.197. The largest absolute Gasteiger partial charge is 0.395 e. The maximum absolute atomic E-state index is 13.1. The van der Waals surface area contributed by atoms with Gasteiger partial charge in [0.1, 0.15) is 0 Å². The lowest BCUT2D eigenvalue weighted by atomic mass is 10.1. The molecule has 0 amide bonds. The van der Waals surface area contributed by atoms with Crippen molar-refractivity contribution in [2.45, 2.75) is 50.5 Å². The summed E-state index contributed by atoms with van der Waals surface area (Å²) >= 11 is 0. The zero-order valence-electron chi connectivity index (χ0n) is 16.6. The first-order valence-electron chi connectivity index (χ1n) is 10.0. The first-order valence-corrected chi connectivity index (χ1v) is 11.4. The van der Waals surface area contributed by atoms with Gasteiger partial charge in [-0.2, -0.15) is 4.31 Å². The predicted molar refractivity (Wildman–Crippen MR) is 107 cm³/mol. The van der Waals surface area contributed by atoms with Gasteiger partial charge in [-0.05, 0) is 37.5 Å². The lowest BCUT2D eigenvalue weighted by molar-refractivity contribution is 0.0346. The molecule has 27 heavy (non-hydrogen) atoms. The lowest BCUT2D eigenvalue weighted by Crippen LogP contribution is -2.47. The van der Waals surface area contributed by atoms with Crippen LogP contribution in [0.2, 0.25) is 0 Å². The van der Waals surface area contributed by atoms with Crippen molar-refractivity contribution in [2.75, 3.05) is 46.0 Å². The summed E-state index contributed by atoms with van der Waals surface area (Å²) in [4.78, 5) is 2.50. The van der Waals surface area contributed by atoms with Gasteiger partial charge in [-0.15, -0.1) is 0 Å². The number of ether oxygens (including phenoxy) is 1. The van der Waals surface area contributed by atoms with Gasteiger partial charge in [0.25, 0.3) is 0 Å². The minimum atomic E-state index is -3.64. The number of unbranched alkanes of at least 4 members (excludes halogenated alkanes) is 2. The van der Waals surface area contributed by atoms with Crippen molar-refractivity contribution in [2.24, 2.45) is 0 Å². The quantitative estimate of drug-likeness (QED) is 0.578. The molecule has 0 bridgehead atoms. The minimum Gasteiger partial charge on any atom is -0.395 e. The van der Waals surface area contributed by atoms with Gasteiger partial charge in [0.05, 0.1) is 24.7 Å². The molecule has 2 rings (SSSR count). The molecule has 0 aliphatic carbocycles. The van der Waals surface area contributed by atoms with Crippen LogP contribution in [-0.2, 0) is 21.2 Å². The fraction of sp³-hybridized carbons (Fsp3) is 0.700. The second-order valence-corrected chi connectivity index (χ2v) is 9.09. The number of hydrogen-bond donors (Lipinski definition) is 1. The third-order valence-corrected chi connectivity index (χ3v) is 7.12. The van der Waals surface area contributed by atoms with Crippen LogP contribution in [0.25, 0.3) is 0 Å². The predicted octanol–water partition coefficient (Wildman–Crippen LogP) is 2.12. The van der Waals surface area contributed by atoms with Gasteiger partial charge < -0.3 is 9.84 Å². The van der Waals surface area contributed by atoms with E-state index in [0.717, 1.165) is 31.5 Å². The average Bonchev–Trinajstić information content (AvgIpc) is 2.69. The van der Waals surface area contributed by atoms with E-state index in [-0.39, 0.29) is 6.61 Å². The van der Waals surface area contributed by atoms with Crippen molar-refractivity contribution < 1.29 is 18.3 Å². The number of morpholine rings is 1. The summed E-state index contributed by atoms with van der Waals surface area (Å²) in [6, 6.07) is 6.75. The first kappa shape index (κ1) is 22.3. The highest BCUT2D eigenvalue weighted by Crippen LogP contribution is 2.20. The molecule has 1 aromatic rings. The highest BCUT2D eigenvalue weighted by Gasteiger charge is 2.29. The third kappa shape index (κ3) is 6.54. The van der Waals surface area contributed by atoms with E-state index in [1.54, 1.807) is 19.1 Å². The maximum Gasteiger partial charge on any atom is 0.243 e. The average molecular weight is 399 g/mol. The van der Waals surface area contributed by atoms with E-state index in [1.807, 2.05) is 12.1 Å². The van der Waals surface area contributed by atoms with Crippen LogP contribution in [0.3, 0.4) is 0 Å². The van der Waals surface area contributed by atoms with E-state index in [0.29, 0.717) is 31.2 Å². The van der Waals surface area contributed by atoms with E-state index in [1.165, 1.54) is 17.1 Å². The summed E-state index contributed by atoms with van der Waals surface area (Å²) in [6.45, 7) is 7.71.